The van der Waals surface area contributed by atoms with E-state index in [4.69, 9.17) is 24.8 Å². The molecule has 0 atom stereocenters. The van der Waals surface area contributed by atoms with Crippen LogP contribution in [0.25, 0.3) is 0 Å². The summed E-state index contributed by atoms with van der Waals surface area (Å²) in [4.78, 5) is 48.0. The Balaban J connectivity index is 0.000000782. The van der Waals surface area contributed by atoms with Gasteiger partial charge in [-0.2, -0.15) is 13.2 Å². The summed E-state index contributed by atoms with van der Waals surface area (Å²) in [5.74, 6) is -3.83. The second-order valence-corrected chi connectivity index (χ2v) is 10.1. The minimum Gasteiger partial charge on any atom is -0.496 e. The number of ketones is 1. The Morgan fingerprint density at radius 1 is 1.05 bits per heavy atom. The lowest BCUT2D eigenvalue weighted by Gasteiger charge is -2.24. The van der Waals surface area contributed by atoms with Crippen LogP contribution < -0.4 is 14.8 Å². The number of methoxy groups -OCH3 is 1. The van der Waals surface area contributed by atoms with Gasteiger partial charge in [0.2, 0.25) is 0 Å². The van der Waals surface area contributed by atoms with Gasteiger partial charge in [-0.1, -0.05) is 20.8 Å². The zero-order valence-electron chi connectivity index (χ0n) is 23.9. The topological polar surface area (TPSA) is 166 Å². The van der Waals surface area contributed by atoms with Crippen LogP contribution in [0.15, 0.2) is 24.3 Å². The summed E-state index contributed by atoms with van der Waals surface area (Å²) < 4.78 is 42.7. The molecule has 0 saturated carbocycles. The number of fused-ring (bicyclic) bond motifs is 1. The molecule has 0 fully saturated rings. The largest absolute Gasteiger partial charge is 0.496 e. The predicted octanol–water partition coefficient (Wildman–Crippen LogP) is 4.11. The standard InChI is InChI=1S/C26H31N3O6.C2HF3O2/c1-7-35-21-10-15-12-29(23(27)16(15)11-17(21)24(31)28-5)13-20(30)14-8-18(25(32)33)22(34-6)19(9-14)26(2,3)4;3-2(4,5)1(6)7/h8-11,27H,7,12-13H2,1-6H3,(H,28,31)(H,32,33);(H,6,7). The van der Waals surface area contributed by atoms with E-state index in [0.29, 0.717) is 35.6 Å². The lowest BCUT2D eigenvalue weighted by Crippen LogP contribution is -2.30. The van der Waals surface area contributed by atoms with Crippen molar-refractivity contribution in [3.63, 3.8) is 0 Å². The van der Waals surface area contributed by atoms with Crippen molar-refractivity contribution in [2.75, 3.05) is 27.3 Å². The molecule has 0 spiro atoms. The molecule has 0 aliphatic carbocycles. The van der Waals surface area contributed by atoms with Crippen molar-refractivity contribution < 1.29 is 52.0 Å². The molecule has 0 unspecified atom stereocenters. The molecule has 0 bridgehead atoms. The van der Waals surface area contributed by atoms with Crippen LogP contribution in [0.2, 0.25) is 0 Å². The lowest BCUT2D eigenvalue weighted by atomic mass is 9.83. The molecular formula is C28H32F3N3O8. The number of carboxylic acids is 2. The van der Waals surface area contributed by atoms with Gasteiger partial charge in [-0.15, -0.1) is 0 Å². The number of ether oxygens (including phenoxy) is 2. The van der Waals surface area contributed by atoms with E-state index in [9.17, 15) is 32.7 Å². The second kappa shape index (κ2) is 12.9. The Morgan fingerprint density at radius 2 is 1.64 bits per heavy atom. The number of carbonyl (C=O) groups excluding carboxylic acids is 2. The van der Waals surface area contributed by atoms with Gasteiger partial charge in [-0.3, -0.25) is 15.0 Å². The van der Waals surface area contributed by atoms with E-state index in [0.717, 1.165) is 5.56 Å². The Bertz CT molecular complexity index is 1410. The highest BCUT2D eigenvalue weighted by atomic mass is 19.4. The molecule has 2 aromatic rings. The number of carbonyl (C=O) groups is 4. The number of hydrogen-bond acceptors (Lipinski definition) is 7. The number of nitrogens with one attached hydrogen (secondary N) is 2. The third-order valence-electron chi connectivity index (χ3n) is 6.14. The van der Waals surface area contributed by atoms with Crippen LogP contribution in [-0.2, 0) is 16.8 Å². The maximum atomic E-state index is 13.3. The minimum absolute atomic E-state index is 0.0837. The molecule has 0 radical (unpaired) electrons. The normalized spacial score (nSPS) is 12.6. The van der Waals surface area contributed by atoms with Crippen molar-refractivity contribution in [2.45, 2.75) is 45.8 Å². The molecule has 3 rings (SSSR count). The number of alkyl halides is 3. The van der Waals surface area contributed by atoms with Gasteiger partial charge < -0.3 is 29.9 Å². The molecule has 0 saturated heterocycles. The van der Waals surface area contributed by atoms with Gasteiger partial charge in [0, 0.05) is 30.3 Å². The number of amidine groups is 1. The first-order valence-corrected chi connectivity index (χ1v) is 12.5. The number of benzene rings is 2. The minimum atomic E-state index is -5.08. The molecule has 1 aliphatic heterocycles. The van der Waals surface area contributed by atoms with Crippen molar-refractivity contribution >= 4 is 29.5 Å². The number of hydrogen-bond donors (Lipinski definition) is 4. The fourth-order valence-electron chi connectivity index (χ4n) is 4.14. The summed E-state index contributed by atoms with van der Waals surface area (Å²) in [6.45, 7) is 8.11. The monoisotopic (exact) mass is 595 g/mol. The number of rotatable bonds is 8. The zero-order valence-corrected chi connectivity index (χ0v) is 23.9. The average molecular weight is 596 g/mol. The summed E-state index contributed by atoms with van der Waals surface area (Å²) in [6.07, 6.45) is -5.08. The third-order valence-corrected chi connectivity index (χ3v) is 6.14. The third kappa shape index (κ3) is 7.56. The number of nitrogens with zero attached hydrogens (tertiary/aromatic N) is 1. The Kier molecular flexibility index (Phi) is 10.3. The van der Waals surface area contributed by atoms with Gasteiger partial charge >= 0.3 is 18.1 Å². The predicted molar refractivity (Wildman–Crippen MR) is 145 cm³/mol. The maximum absolute atomic E-state index is 13.3. The summed E-state index contributed by atoms with van der Waals surface area (Å²) >= 11 is 0. The first-order chi connectivity index (χ1) is 19.4. The fourth-order valence-corrected chi connectivity index (χ4v) is 4.14. The van der Waals surface area contributed by atoms with Gasteiger partial charge in [-0.25, -0.2) is 9.59 Å². The van der Waals surface area contributed by atoms with Crippen LogP contribution >= 0.6 is 0 Å². The quantitative estimate of drug-likeness (QED) is 0.329. The first-order valence-electron chi connectivity index (χ1n) is 12.5. The Labute approximate surface area is 239 Å². The highest BCUT2D eigenvalue weighted by Crippen LogP contribution is 2.36. The van der Waals surface area contributed by atoms with E-state index < -0.39 is 23.5 Å². The van der Waals surface area contributed by atoms with Gasteiger partial charge in [0.1, 0.15) is 22.9 Å². The highest BCUT2D eigenvalue weighted by molar-refractivity contribution is 6.08. The van der Waals surface area contributed by atoms with Gasteiger partial charge in [0.15, 0.2) is 5.78 Å². The van der Waals surface area contributed by atoms with Crippen LogP contribution in [0, 0.1) is 5.41 Å². The van der Waals surface area contributed by atoms with Crippen LogP contribution in [0.4, 0.5) is 13.2 Å². The number of amides is 1. The summed E-state index contributed by atoms with van der Waals surface area (Å²) in [5.41, 5.74) is 1.94. The lowest BCUT2D eigenvalue weighted by molar-refractivity contribution is -0.192. The fraction of sp³-hybridized carbons (Fsp3) is 0.393. The van der Waals surface area contributed by atoms with Gasteiger partial charge in [0.25, 0.3) is 5.91 Å². The number of Topliss-reactive ketones (excluding diaryl/α,β-unsaturated/α-hetero) is 1. The van der Waals surface area contributed by atoms with E-state index in [1.165, 1.54) is 20.2 Å². The molecule has 14 heteroatoms. The van der Waals surface area contributed by atoms with E-state index in [1.54, 1.807) is 23.1 Å². The van der Waals surface area contributed by atoms with Crippen molar-refractivity contribution in [1.82, 2.24) is 10.2 Å². The SMILES string of the molecule is CCOc1cc2c(cc1C(=O)NC)C(=N)N(CC(=O)c1cc(C(=O)O)c(OC)c(C(C)(C)C)c1)C2.O=C(O)C(F)(F)F. The van der Waals surface area contributed by atoms with Crippen molar-refractivity contribution in [1.29, 1.82) is 5.41 Å². The molecule has 1 heterocycles. The van der Waals surface area contributed by atoms with Gasteiger partial charge in [-0.05, 0) is 42.2 Å². The maximum Gasteiger partial charge on any atom is 0.490 e. The number of carboxylic acid groups (broad SMARTS) is 2. The van der Waals surface area contributed by atoms with Crippen molar-refractivity contribution in [3.05, 3.63) is 57.6 Å². The molecule has 1 amide bonds. The first kappa shape index (κ1) is 33.6. The van der Waals surface area contributed by atoms with Crippen LogP contribution in [0.5, 0.6) is 11.5 Å². The number of aliphatic carboxylic acids is 1. The summed E-state index contributed by atoms with van der Waals surface area (Å²) in [6, 6.07) is 6.33. The molecule has 11 nitrogen and oxygen atoms in total. The molecule has 4 N–H and O–H groups in total. The van der Waals surface area contributed by atoms with Crippen LogP contribution in [0.3, 0.4) is 0 Å². The van der Waals surface area contributed by atoms with Crippen LogP contribution in [-0.4, -0.2) is 78.1 Å². The number of halogens is 3. The molecule has 2 aromatic carbocycles. The summed E-state index contributed by atoms with van der Waals surface area (Å²) in [7, 11) is 2.93. The Morgan fingerprint density at radius 3 is 2.10 bits per heavy atom. The second-order valence-electron chi connectivity index (χ2n) is 10.1. The number of aromatic carboxylic acids is 1. The van der Waals surface area contributed by atoms with E-state index in [1.807, 2.05) is 27.7 Å². The molecule has 42 heavy (non-hydrogen) atoms. The summed E-state index contributed by atoms with van der Waals surface area (Å²) in [5, 5.41) is 28.0. The van der Waals surface area contributed by atoms with Gasteiger partial charge in [0.05, 0.1) is 25.8 Å². The molecule has 0 aromatic heterocycles. The van der Waals surface area contributed by atoms with E-state index >= 15 is 0 Å². The molecule has 228 valence electrons. The average Bonchev–Trinajstić information content (AvgIpc) is 3.19. The van der Waals surface area contributed by atoms with E-state index in [2.05, 4.69) is 5.32 Å². The Hall–Kier alpha value is -4.62. The zero-order chi connectivity index (χ0) is 32.2. The smallest absolute Gasteiger partial charge is 0.490 e. The van der Waals surface area contributed by atoms with Crippen LogP contribution in [0.1, 0.15) is 75.5 Å². The van der Waals surface area contributed by atoms with E-state index in [-0.39, 0.29) is 40.9 Å². The van der Waals surface area contributed by atoms with Crippen molar-refractivity contribution in [3.8, 4) is 11.5 Å². The molecular weight excluding hydrogens is 563 g/mol. The highest BCUT2D eigenvalue weighted by Gasteiger charge is 2.38. The van der Waals surface area contributed by atoms with Crippen molar-refractivity contribution in [2.24, 2.45) is 0 Å². The molecule has 1 aliphatic rings.